The quantitative estimate of drug-likeness (QED) is 0.545. The van der Waals surface area contributed by atoms with E-state index in [1.54, 1.807) is 0 Å². The zero-order valence-corrected chi connectivity index (χ0v) is 15.8. The molecule has 4 aromatic rings. The number of nitrogens with zero attached hydrogens (tertiary/aromatic N) is 8. The first kappa shape index (κ1) is 16.2. The van der Waals surface area contributed by atoms with Crippen molar-refractivity contribution < 1.29 is 0 Å². The first-order chi connectivity index (χ1) is 13.1. The third-order valence-corrected chi connectivity index (χ3v) is 5.26. The molecule has 27 heavy (non-hydrogen) atoms. The Morgan fingerprint density at radius 1 is 0.815 bits per heavy atom. The molecule has 1 aliphatic rings. The van der Waals surface area contributed by atoms with Crippen LogP contribution in [0.3, 0.4) is 0 Å². The van der Waals surface area contributed by atoms with Crippen LogP contribution in [-0.2, 0) is 0 Å². The van der Waals surface area contributed by atoms with Crippen LogP contribution in [0.5, 0.6) is 0 Å². The second kappa shape index (κ2) is 6.00. The molecule has 1 aliphatic heterocycles. The van der Waals surface area contributed by atoms with Crippen molar-refractivity contribution in [3.05, 3.63) is 47.2 Å². The molecule has 0 amide bonds. The van der Waals surface area contributed by atoms with E-state index in [0.717, 1.165) is 65.9 Å². The van der Waals surface area contributed by atoms with Crippen LogP contribution >= 0.6 is 0 Å². The van der Waals surface area contributed by atoms with Gasteiger partial charge < -0.3 is 4.90 Å². The molecule has 0 saturated carbocycles. The van der Waals surface area contributed by atoms with E-state index in [1.807, 2.05) is 48.0 Å². The number of hydrogen-bond donors (Lipinski definition) is 0. The van der Waals surface area contributed by atoms with E-state index < -0.39 is 0 Å². The van der Waals surface area contributed by atoms with Crippen molar-refractivity contribution in [1.29, 1.82) is 0 Å². The Balaban J connectivity index is 1.42. The van der Waals surface area contributed by atoms with Crippen LogP contribution in [0.1, 0.15) is 41.7 Å². The molecule has 1 fully saturated rings. The van der Waals surface area contributed by atoms with Gasteiger partial charge in [0.05, 0.1) is 11.4 Å². The highest BCUT2D eigenvalue weighted by Gasteiger charge is 2.26. The van der Waals surface area contributed by atoms with Crippen LogP contribution in [0, 0.1) is 20.8 Å². The van der Waals surface area contributed by atoms with Gasteiger partial charge in [-0.1, -0.05) is 0 Å². The molecule has 8 nitrogen and oxygen atoms in total. The fourth-order valence-electron chi connectivity index (χ4n) is 3.94. The fraction of sp³-hybridized carbons (Fsp3) is 0.421. The molecule has 1 saturated heterocycles. The molecular weight excluding hydrogens is 340 g/mol. The van der Waals surface area contributed by atoms with Gasteiger partial charge in [0.15, 0.2) is 17.1 Å². The summed E-state index contributed by atoms with van der Waals surface area (Å²) in [5, 5.41) is 17.9. The van der Waals surface area contributed by atoms with Crippen LogP contribution < -0.4 is 4.90 Å². The molecule has 0 aromatic carbocycles. The van der Waals surface area contributed by atoms with Crippen LogP contribution in [0.4, 0.5) is 5.82 Å². The monoisotopic (exact) mass is 362 g/mol. The zero-order valence-electron chi connectivity index (χ0n) is 15.8. The second-order valence-corrected chi connectivity index (χ2v) is 7.38. The van der Waals surface area contributed by atoms with Crippen molar-refractivity contribution >= 4 is 17.1 Å². The summed E-state index contributed by atoms with van der Waals surface area (Å²) in [4.78, 5) is 6.99. The van der Waals surface area contributed by atoms with Gasteiger partial charge in [0.25, 0.3) is 0 Å². The molecule has 0 aliphatic carbocycles. The number of rotatable bonds is 2. The Morgan fingerprint density at radius 2 is 1.59 bits per heavy atom. The molecule has 4 aromatic heterocycles. The highest BCUT2D eigenvalue weighted by atomic mass is 15.4. The van der Waals surface area contributed by atoms with Crippen molar-refractivity contribution in [2.45, 2.75) is 39.5 Å². The summed E-state index contributed by atoms with van der Waals surface area (Å²) in [5.41, 5.74) is 4.71. The summed E-state index contributed by atoms with van der Waals surface area (Å²) in [5.74, 6) is 2.45. The van der Waals surface area contributed by atoms with Crippen LogP contribution in [0.2, 0.25) is 0 Å². The average molecular weight is 362 g/mol. The van der Waals surface area contributed by atoms with Gasteiger partial charge >= 0.3 is 0 Å². The Labute approximate surface area is 156 Å². The minimum atomic E-state index is 0.364. The summed E-state index contributed by atoms with van der Waals surface area (Å²) in [6, 6.07) is 8.10. The smallest absolute Gasteiger partial charge is 0.177 e. The molecule has 0 N–H and O–H groups in total. The first-order valence-electron chi connectivity index (χ1n) is 9.36. The molecule has 8 heteroatoms. The van der Waals surface area contributed by atoms with E-state index >= 15 is 0 Å². The number of aromatic nitrogens is 7. The summed E-state index contributed by atoms with van der Waals surface area (Å²) in [6.45, 7) is 7.93. The van der Waals surface area contributed by atoms with Gasteiger partial charge in [-0.15, -0.1) is 10.2 Å². The van der Waals surface area contributed by atoms with Crippen LogP contribution in [-0.4, -0.2) is 47.5 Å². The van der Waals surface area contributed by atoms with Gasteiger partial charge in [-0.2, -0.15) is 19.2 Å². The molecule has 0 unspecified atom stereocenters. The standard InChI is InChI=1S/C19H22N8/c1-12-4-5-16-21-22-19(27(16)23-12)15-6-8-25(9-7-15)18-11-13(2)20-17-10-14(3)24-26(17)18/h4-5,10-11,15H,6-9H2,1-3H3. The highest BCUT2D eigenvalue weighted by molar-refractivity contribution is 5.52. The Bertz CT molecular complexity index is 1130. The lowest BCUT2D eigenvalue weighted by molar-refractivity contribution is 0.472. The maximum atomic E-state index is 4.62. The lowest BCUT2D eigenvalue weighted by Gasteiger charge is -2.32. The van der Waals surface area contributed by atoms with Gasteiger partial charge in [0.1, 0.15) is 5.82 Å². The number of aryl methyl sites for hydroxylation is 3. The first-order valence-corrected chi connectivity index (χ1v) is 9.36. The largest absolute Gasteiger partial charge is 0.356 e. The van der Waals surface area contributed by atoms with Gasteiger partial charge in [-0.3, -0.25) is 0 Å². The van der Waals surface area contributed by atoms with Crippen LogP contribution in [0.15, 0.2) is 24.3 Å². The molecule has 138 valence electrons. The molecule has 0 spiro atoms. The lowest BCUT2D eigenvalue weighted by Crippen LogP contribution is -2.35. The fourth-order valence-corrected chi connectivity index (χ4v) is 3.94. The molecule has 0 atom stereocenters. The van der Waals surface area contributed by atoms with Gasteiger partial charge in [0.2, 0.25) is 0 Å². The molecule has 5 rings (SSSR count). The lowest BCUT2D eigenvalue weighted by atomic mass is 9.96. The highest BCUT2D eigenvalue weighted by Crippen LogP contribution is 2.30. The minimum Gasteiger partial charge on any atom is -0.356 e. The summed E-state index contributed by atoms with van der Waals surface area (Å²) >= 11 is 0. The van der Waals surface area contributed by atoms with Gasteiger partial charge in [0, 0.05) is 36.8 Å². The maximum Gasteiger partial charge on any atom is 0.177 e. The number of fused-ring (bicyclic) bond motifs is 2. The van der Waals surface area contributed by atoms with Crippen molar-refractivity contribution in [3.63, 3.8) is 0 Å². The van der Waals surface area contributed by atoms with E-state index in [-0.39, 0.29) is 0 Å². The van der Waals surface area contributed by atoms with Gasteiger partial charge in [-0.25, -0.2) is 4.98 Å². The van der Waals surface area contributed by atoms with E-state index in [2.05, 4.69) is 36.3 Å². The predicted molar refractivity (Wildman–Crippen MR) is 102 cm³/mol. The van der Waals surface area contributed by atoms with Crippen molar-refractivity contribution in [1.82, 2.24) is 34.4 Å². The normalized spacial score (nSPS) is 15.9. The van der Waals surface area contributed by atoms with E-state index in [4.69, 9.17) is 0 Å². The molecular formula is C19H22N8. The van der Waals surface area contributed by atoms with Crippen LogP contribution in [0.25, 0.3) is 11.3 Å². The third-order valence-electron chi connectivity index (χ3n) is 5.26. The number of anilines is 1. The summed E-state index contributed by atoms with van der Waals surface area (Å²) in [7, 11) is 0. The Kier molecular flexibility index (Phi) is 3.60. The molecule has 0 bridgehead atoms. The average Bonchev–Trinajstić information content (AvgIpc) is 3.23. The van der Waals surface area contributed by atoms with E-state index in [0.29, 0.717) is 5.92 Å². The van der Waals surface area contributed by atoms with Crippen molar-refractivity contribution in [2.24, 2.45) is 0 Å². The second-order valence-electron chi connectivity index (χ2n) is 7.38. The zero-order chi connectivity index (χ0) is 18.5. The van der Waals surface area contributed by atoms with Crippen molar-refractivity contribution in [3.8, 4) is 0 Å². The molecule has 5 heterocycles. The number of piperidine rings is 1. The topological polar surface area (TPSA) is 76.5 Å². The Hall–Kier alpha value is -3.03. The predicted octanol–water partition coefficient (Wildman–Crippen LogP) is 2.48. The summed E-state index contributed by atoms with van der Waals surface area (Å²) in [6.07, 6.45) is 2.03. The van der Waals surface area contributed by atoms with E-state index in [1.165, 1.54) is 0 Å². The SMILES string of the molecule is Cc1cc(N2CCC(c3nnc4ccc(C)nn34)CC2)n2nc(C)cc2n1. The molecule has 0 radical (unpaired) electrons. The third kappa shape index (κ3) is 2.72. The Morgan fingerprint density at radius 3 is 2.41 bits per heavy atom. The summed E-state index contributed by atoms with van der Waals surface area (Å²) < 4.78 is 3.86. The van der Waals surface area contributed by atoms with Gasteiger partial charge in [-0.05, 0) is 45.7 Å². The number of hydrogen-bond acceptors (Lipinski definition) is 6. The minimum absolute atomic E-state index is 0.364. The van der Waals surface area contributed by atoms with E-state index in [9.17, 15) is 0 Å². The maximum absolute atomic E-state index is 4.62. The van der Waals surface area contributed by atoms with Crippen molar-refractivity contribution in [2.75, 3.05) is 18.0 Å².